The van der Waals surface area contributed by atoms with Crippen molar-refractivity contribution in [3.05, 3.63) is 78.1 Å². The molecule has 2 aliphatic heterocycles. The number of likely N-dealkylation sites (tertiary alicyclic amines) is 1. The van der Waals surface area contributed by atoms with Gasteiger partial charge in [0.1, 0.15) is 0 Å². The zero-order valence-corrected chi connectivity index (χ0v) is 22.0. The van der Waals surface area contributed by atoms with Gasteiger partial charge in [0.2, 0.25) is 10.0 Å². The predicted octanol–water partition coefficient (Wildman–Crippen LogP) is 4.79. The van der Waals surface area contributed by atoms with Gasteiger partial charge in [-0.25, -0.2) is 8.42 Å². The molecule has 4 rings (SSSR count). The van der Waals surface area contributed by atoms with Gasteiger partial charge >= 0.3 is 0 Å². The average Bonchev–Trinajstić information content (AvgIpc) is 2.89. The van der Waals surface area contributed by atoms with Crippen molar-refractivity contribution in [2.75, 3.05) is 39.8 Å². The second-order valence-corrected chi connectivity index (χ2v) is 11.6. The second kappa shape index (κ2) is 11.5. The first kappa shape index (κ1) is 25.6. The Morgan fingerprint density at radius 3 is 2.29 bits per heavy atom. The third-order valence-corrected chi connectivity index (χ3v) is 9.16. The first-order valence-corrected chi connectivity index (χ1v) is 14.1. The predicted molar refractivity (Wildman–Crippen MR) is 143 cm³/mol. The molecule has 6 nitrogen and oxygen atoms in total. The third kappa shape index (κ3) is 6.21. The minimum absolute atomic E-state index is 0.215. The van der Waals surface area contributed by atoms with E-state index in [0.717, 1.165) is 63.2 Å². The topological polar surface area (TPSA) is 56.2 Å². The summed E-state index contributed by atoms with van der Waals surface area (Å²) in [5, 5.41) is 0. The summed E-state index contributed by atoms with van der Waals surface area (Å²) in [7, 11) is -1.88. The molecular formula is C28H38N4O2S. The quantitative estimate of drug-likeness (QED) is 0.503. The molecule has 0 spiro atoms. The number of piperidine rings is 1. The molecule has 0 N–H and O–H groups in total. The molecule has 0 aromatic heterocycles. The normalized spacial score (nSPS) is 18.9. The van der Waals surface area contributed by atoms with Crippen molar-refractivity contribution in [3.8, 4) is 0 Å². The maximum atomic E-state index is 13.4. The summed E-state index contributed by atoms with van der Waals surface area (Å²) in [6.07, 6.45) is 5.13. The van der Waals surface area contributed by atoms with E-state index in [1.165, 1.54) is 5.71 Å². The van der Waals surface area contributed by atoms with Crippen molar-refractivity contribution in [1.29, 1.82) is 0 Å². The number of hydrogen-bond acceptors (Lipinski definition) is 5. The van der Waals surface area contributed by atoms with Gasteiger partial charge < -0.3 is 9.80 Å². The lowest BCUT2D eigenvalue weighted by molar-refractivity contribution is 0.189. The Morgan fingerprint density at radius 2 is 1.66 bits per heavy atom. The highest BCUT2D eigenvalue weighted by Gasteiger charge is 2.31. The molecule has 1 unspecified atom stereocenters. The summed E-state index contributed by atoms with van der Waals surface area (Å²) < 4.78 is 28.3. The van der Waals surface area contributed by atoms with Crippen LogP contribution in [0.5, 0.6) is 0 Å². The zero-order chi connectivity index (χ0) is 24.8. The van der Waals surface area contributed by atoms with E-state index in [4.69, 9.17) is 4.99 Å². The Kier molecular flexibility index (Phi) is 8.42. The van der Waals surface area contributed by atoms with Crippen LogP contribution in [0.4, 0.5) is 0 Å². The van der Waals surface area contributed by atoms with Gasteiger partial charge in [-0.2, -0.15) is 4.31 Å². The minimum atomic E-state index is -3.59. The van der Waals surface area contributed by atoms with Crippen LogP contribution in [0.25, 0.3) is 0 Å². The van der Waals surface area contributed by atoms with Gasteiger partial charge in [-0.1, -0.05) is 48.5 Å². The highest BCUT2D eigenvalue weighted by Crippen LogP contribution is 2.30. The van der Waals surface area contributed by atoms with Crippen molar-refractivity contribution in [3.63, 3.8) is 0 Å². The number of sulfonamides is 1. The monoisotopic (exact) mass is 494 g/mol. The van der Waals surface area contributed by atoms with Gasteiger partial charge in [-0.15, -0.1) is 0 Å². The van der Waals surface area contributed by atoms with Crippen molar-refractivity contribution >= 4 is 15.7 Å². The Balaban J connectivity index is 1.41. The van der Waals surface area contributed by atoms with E-state index in [1.807, 2.05) is 36.4 Å². The van der Waals surface area contributed by atoms with Crippen LogP contribution in [0.2, 0.25) is 0 Å². The second-order valence-electron chi connectivity index (χ2n) is 9.60. The Bertz CT molecular complexity index is 1120. The molecule has 0 radical (unpaired) electrons. The van der Waals surface area contributed by atoms with Crippen LogP contribution < -0.4 is 0 Å². The van der Waals surface area contributed by atoms with Crippen LogP contribution in [0.15, 0.2) is 82.4 Å². The van der Waals surface area contributed by atoms with Crippen LogP contribution >= 0.6 is 0 Å². The molecule has 0 saturated carbocycles. The average molecular weight is 495 g/mol. The molecule has 2 aliphatic rings. The molecule has 0 aliphatic carbocycles. The van der Waals surface area contributed by atoms with Crippen molar-refractivity contribution < 1.29 is 8.42 Å². The van der Waals surface area contributed by atoms with E-state index in [1.54, 1.807) is 35.6 Å². The zero-order valence-electron chi connectivity index (χ0n) is 21.2. The molecule has 2 aromatic rings. The highest BCUT2D eigenvalue weighted by atomic mass is 32.2. The number of hydrogen-bond donors (Lipinski definition) is 0. The Morgan fingerprint density at radius 1 is 1.03 bits per heavy atom. The summed E-state index contributed by atoms with van der Waals surface area (Å²) in [6, 6.07) is 18.5. The van der Waals surface area contributed by atoms with E-state index >= 15 is 0 Å². The van der Waals surface area contributed by atoms with Crippen molar-refractivity contribution in [1.82, 2.24) is 14.1 Å². The van der Waals surface area contributed by atoms with Gasteiger partial charge in [0.15, 0.2) is 0 Å². The first-order valence-electron chi connectivity index (χ1n) is 12.7. The smallest absolute Gasteiger partial charge is 0.243 e. The van der Waals surface area contributed by atoms with E-state index in [2.05, 4.69) is 29.8 Å². The number of rotatable bonds is 9. The lowest BCUT2D eigenvalue weighted by Gasteiger charge is -2.36. The van der Waals surface area contributed by atoms with Gasteiger partial charge in [0, 0.05) is 31.4 Å². The van der Waals surface area contributed by atoms with Crippen LogP contribution in [0.1, 0.15) is 44.7 Å². The fourth-order valence-electron chi connectivity index (χ4n) is 5.19. The van der Waals surface area contributed by atoms with E-state index in [9.17, 15) is 8.42 Å². The lowest BCUT2D eigenvalue weighted by Crippen LogP contribution is -2.41. The number of allylic oxidation sites excluding steroid dienone is 1. The molecule has 1 saturated heterocycles. The van der Waals surface area contributed by atoms with Gasteiger partial charge in [-0.05, 0) is 70.4 Å². The third-order valence-electron chi connectivity index (χ3n) is 7.28. The maximum Gasteiger partial charge on any atom is 0.243 e. The van der Waals surface area contributed by atoms with Crippen molar-refractivity contribution in [2.45, 2.75) is 44.0 Å². The number of benzene rings is 2. The molecule has 188 valence electrons. The van der Waals surface area contributed by atoms with Gasteiger partial charge in [0.05, 0.1) is 23.2 Å². The van der Waals surface area contributed by atoms with E-state index in [-0.39, 0.29) is 6.04 Å². The summed E-state index contributed by atoms with van der Waals surface area (Å²) in [6.45, 7) is 9.14. The van der Waals surface area contributed by atoms with Crippen molar-refractivity contribution in [2.24, 2.45) is 10.9 Å². The summed E-state index contributed by atoms with van der Waals surface area (Å²) in [4.78, 5) is 10.0. The minimum Gasteiger partial charge on any atom is -0.371 e. The molecule has 1 atom stereocenters. The van der Waals surface area contributed by atoms with E-state index in [0.29, 0.717) is 10.8 Å². The van der Waals surface area contributed by atoms with Gasteiger partial charge in [0.25, 0.3) is 0 Å². The van der Waals surface area contributed by atoms with Crippen LogP contribution in [-0.2, 0) is 10.0 Å². The highest BCUT2D eigenvalue weighted by molar-refractivity contribution is 7.89. The Hall–Kier alpha value is -2.48. The van der Waals surface area contributed by atoms with E-state index < -0.39 is 10.0 Å². The molecule has 1 fully saturated rings. The van der Waals surface area contributed by atoms with Crippen LogP contribution in [0, 0.1) is 5.92 Å². The largest absolute Gasteiger partial charge is 0.371 e. The standard InChI is InChI=1S/C28H38N4O2S/c1-4-31-21-23(2)29-27(22-31)24-15-18-32(19-16-24)20-17-28(25-11-7-5-8-12-25)30(3)35(33,34)26-13-9-6-10-14-26/h5-14,21,24,28H,4,15-20,22H2,1-3H3. The summed E-state index contributed by atoms with van der Waals surface area (Å²) in [5.41, 5.74) is 3.45. The fourth-order valence-corrected chi connectivity index (χ4v) is 6.58. The molecule has 2 heterocycles. The SMILES string of the molecule is CCN1C=C(C)N=C(C2CCN(CCC(c3ccccc3)N(C)S(=O)(=O)c3ccccc3)CC2)C1. The summed E-state index contributed by atoms with van der Waals surface area (Å²) >= 11 is 0. The number of aliphatic imine (C=N–C) groups is 1. The lowest BCUT2D eigenvalue weighted by atomic mass is 9.90. The van der Waals surface area contributed by atoms with Crippen LogP contribution in [-0.4, -0.2) is 68.0 Å². The Labute approximate surface area is 211 Å². The molecular weight excluding hydrogens is 456 g/mol. The maximum absolute atomic E-state index is 13.4. The van der Waals surface area contributed by atoms with Gasteiger partial charge in [-0.3, -0.25) is 4.99 Å². The number of nitrogens with zero attached hydrogens (tertiary/aromatic N) is 4. The summed E-state index contributed by atoms with van der Waals surface area (Å²) in [5.74, 6) is 0.537. The van der Waals surface area contributed by atoms with Crippen LogP contribution in [0.3, 0.4) is 0 Å². The fraction of sp³-hybridized carbons (Fsp3) is 0.464. The molecule has 0 amide bonds. The first-order chi connectivity index (χ1) is 16.9. The molecule has 2 aromatic carbocycles. The molecule has 0 bridgehead atoms. The molecule has 35 heavy (non-hydrogen) atoms. The molecule has 7 heteroatoms.